The molecular formula is C20H23ClN2O3. The number of carbonyl (C=O) groups is 2. The molecule has 1 atom stereocenters. The maximum absolute atomic E-state index is 12.9. The standard InChI is InChI=1S/C20H23ClN2O3/c1-14(20(25)22-2)23(13-16-4-8-17(21)9-5-16)19(24)12-15-6-10-18(26-3)11-7-15/h4-11,14H,12-13H2,1-3H3,(H,22,25)/t14-/m0/s1. The van der Waals surface area contributed by atoms with Gasteiger partial charge in [0.2, 0.25) is 11.8 Å². The number of nitrogens with one attached hydrogen (secondary N) is 1. The quantitative estimate of drug-likeness (QED) is 0.810. The SMILES string of the molecule is CNC(=O)[C@H](C)N(Cc1ccc(Cl)cc1)C(=O)Cc1ccc(OC)cc1. The molecular weight excluding hydrogens is 352 g/mol. The van der Waals surface area contributed by atoms with Crippen LogP contribution in [-0.4, -0.2) is 36.9 Å². The second kappa shape index (κ2) is 9.25. The lowest BCUT2D eigenvalue weighted by Crippen LogP contribution is -2.47. The molecule has 26 heavy (non-hydrogen) atoms. The van der Waals surface area contributed by atoms with E-state index < -0.39 is 6.04 Å². The molecule has 0 aromatic heterocycles. The van der Waals surface area contributed by atoms with Gasteiger partial charge in [-0.1, -0.05) is 35.9 Å². The number of benzene rings is 2. The van der Waals surface area contributed by atoms with Crippen molar-refractivity contribution in [2.75, 3.05) is 14.2 Å². The highest BCUT2D eigenvalue weighted by molar-refractivity contribution is 6.30. The zero-order valence-electron chi connectivity index (χ0n) is 15.2. The van der Waals surface area contributed by atoms with Gasteiger partial charge in [0, 0.05) is 18.6 Å². The molecule has 0 saturated carbocycles. The Labute approximate surface area is 158 Å². The number of ether oxygens (including phenoxy) is 1. The zero-order valence-corrected chi connectivity index (χ0v) is 15.9. The number of rotatable bonds is 7. The number of carbonyl (C=O) groups excluding carboxylic acids is 2. The molecule has 2 rings (SSSR count). The van der Waals surface area contributed by atoms with Crippen molar-refractivity contribution in [3.63, 3.8) is 0 Å². The predicted molar refractivity (Wildman–Crippen MR) is 102 cm³/mol. The Morgan fingerprint density at radius 1 is 1.08 bits per heavy atom. The minimum absolute atomic E-state index is 0.124. The van der Waals surface area contributed by atoms with Gasteiger partial charge in [-0.2, -0.15) is 0 Å². The largest absolute Gasteiger partial charge is 0.497 e. The molecule has 2 aromatic rings. The normalized spacial score (nSPS) is 11.5. The number of hydrogen-bond acceptors (Lipinski definition) is 3. The van der Waals surface area contributed by atoms with E-state index in [-0.39, 0.29) is 18.2 Å². The average molecular weight is 375 g/mol. The lowest BCUT2D eigenvalue weighted by atomic mass is 10.1. The first-order valence-corrected chi connectivity index (χ1v) is 8.71. The Morgan fingerprint density at radius 2 is 1.65 bits per heavy atom. The van der Waals surface area contributed by atoms with Gasteiger partial charge in [-0.05, 0) is 42.3 Å². The smallest absolute Gasteiger partial charge is 0.242 e. The molecule has 0 aliphatic rings. The van der Waals surface area contributed by atoms with E-state index in [4.69, 9.17) is 16.3 Å². The van der Waals surface area contributed by atoms with E-state index in [1.165, 1.54) is 0 Å². The monoisotopic (exact) mass is 374 g/mol. The number of hydrogen-bond donors (Lipinski definition) is 1. The third-order valence-corrected chi connectivity index (χ3v) is 4.45. The summed E-state index contributed by atoms with van der Waals surface area (Å²) in [6.45, 7) is 2.06. The summed E-state index contributed by atoms with van der Waals surface area (Å²) in [6.07, 6.45) is 0.207. The highest BCUT2D eigenvalue weighted by Crippen LogP contribution is 2.16. The lowest BCUT2D eigenvalue weighted by molar-refractivity contribution is -0.139. The highest BCUT2D eigenvalue weighted by Gasteiger charge is 2.25. The van der Waals surface area contributed by atoms with Crippen LogP contribution in [0, 0.1) is 0 Å². The van der Waals surface area contributed by atoms with Crippen molar-refractivity contribution in [2.24, 2.45) is 0 Å². The Balaban J connectivity index is 2.18. The third kappa shape index (κ3) is 5.23. The molecule has 5 nitrogen and oxygen atoms in total. The summed E-state index contributed by atoms with van der Waals surface area (Å²) in [4.78, 5) is 26.6. The number of methoxy groups -OCH3 is 1. The summed E-state index contributed by atoms with van der Waals surface area (Å²) in [5.74, 6) is 0.404. The maximum atomic E-state index is 12.9. The maximum Gasteiger partial charge on any atom is 0.242 e. The molecule has 6 heteroatoms. The summed E-state index contributed by atoms with van der Waals surface area (Å²) >= 11 is 5.92. The van der Waals surface area contributed by atoms with Gasteiger partial charge in [-0.15, -0.1) is 0 Å². The molecule has 2 aromatic carbocycles. The molecule has 138 valence electrons. The Hall–Kier alpha value is -2.53. The fourth-order valence-electron chi connectivity index (χ4n) is 2.60. The van der Waals surface area contributed by atoms with Gasteiger partial charge in [-0.25, -0.2) is 0 Å². The second-order valence-electron chi connectivity index (χ2n) is 5.96. The summed E-state index contributed by atoms with van der Waals surface area (Å²) < 4.78 is 5.14. The number of amides is 2. The Bertz CT molecular complexity index is 745. The lowest BCUT2D eigenvalue weighted by Gasteiger charge is -2.28. The summed E-state index contributed by atoms with van der Waals surface area (Å²) in [6, 6.07) is 14.0. The van der Waals surface area contributed by atoms with Crippen molar-refractivity contribution >= 4 is 23.4 Å². The van der Waals surface area contributed by atoms with Crippen LogP contribution in [0.4, 0.5) is 0 Å². The molecule has 1 N–H and O–H groups in total. The Kier molecular flexibility index (Phi) is 7.04. The first-order chi connectivity index (χ1) is 12.4. The Morgan fingerprint density at radius 3 is 2.19 bits per heavy atom. The first-order valence-electron chi connectivity index (χ1n) is 8.33. The second-order valence-corrected chi connectivity index (χ2v) is 6.40. The molecule has 0 aliphatic heterocycles. The van der Waals surface area contributed by atoms with E-state index in [1.807, 2.05) is 36.4 Å². The van der Waals surface area contributed by atoms with Crippen molar-refractivity contribution in [1.29, 1.82) is 0 Å². The summed E-state index contributed by atoms with van der Waals surface area (Å²) in [5, 5.41) is 3.23. The van der Waals surface area contributed by atoms with Crippen molar-refractivity contribution < 1.29 is 14.3 Å². The van der Waals surface area contributed by atoms with Crippen LogP contribution in [-0.2, 0) is 22.6 Å². The predicted octanol–water partition coefficient (Wildman–Crippen LogP) is 3.05. The van der Waals surface area contributed by atoms with Crippen LogP contribution in [0.3, 0.4) is 0 Å². The highest BCUT2D eigenvalue weighted by atomic mass is 35.5. The number of halogens is 1. The van der Waals surface area contributed by atoms with Crippen LogP contribution in [0.25, 0.3) is 0 Å². The molecule has 0 aliphatic carbocycles. The molecule has 2 amide bonds. The van der Waals surface area contributed by atoms with E-state index >= 15 is 0 Å². The van der Waals surface area contributed by atoms with Crippen LogP contribution in [0.15, 0.2) is 48.5 Å². The minimum Gasteiger partial charge on any atom is -0.497 e. The first kappa shape index (κ1) is 19.8. The van der Waals surface area contributed by atoms with Gasteiger partial charge in [0.05, 0.1) is 13.5 Å². The fourth-order valence-corrected chi connectivity index (χ4v) is 2.72. The van der Waals surface area contributed by atoms with Gasteiger partial charge in [0.1, 0.15) is 11.8 Å². The van der Waals surface area contributed by atoms with E-state index in [2.05, 4.69) is 5.32 Å². The van der Waals surface area contributed by atoms with Crippen molar-refractivity contribution in [3.05, 3.63) is 64.7 Å². The van der Waals surface area contributed by atoms with Gasteiger partial charge in [0.15, 0.2) is 0 Å². The fraction of sp³-hybridized carbons (Fsp3) is 0.300. The molecule has 0 spiro atoms. The number of likely N-dealkylation sites (N-methyl/N-ethyl adjacent to an activating group) is 1. The van der Waals surface area contributed by atoms with E-state index in [9.17, 15) is 9.59 Å². The summed E-state index contributed by atoms with van der Waals surface area (Å²) in [5.41, 5.74) is 1.77. The van der Waals surface area contributed by atoms with Crippen molar-refractivity contribution in [3.8, 4) is 5.75 Å². The molecule has 0 radical (unpaired) electrons. The topological polar surface area (TPSA) is 58.6 Å². The summed E-state index contributed by atoms with van der Waals surface area (Å²) in [7, 11) is 3.16. The molecule has 0 fully saturated rings. The van der Waals surface area contributed by atoms with Crippen LogP contribution >= 0.6 is 11.6 Å². The van der Waals surface area contributed by atoms with Crippen molar-refractivity contribution in [1.82, 2.24) is 10.2 Å². The molecule has 0 saturated heterocycles. The van der Waals surface area contributed by atoms with Gasteiger partial charge >= 0.3 is 0 Å². The van der Waals surface area contributed by atoms with E-state index in [1.54, 1.807) is 38.1 Å². The van der Waals surface area contributed by atoms with Gasteiger partial charge < -0.3 is 15.0 Å². The van der Waals surface area contributed by atoms with Crippen LogP contribution in [0.1, 0.15) is 18.1 Å². The average Bonchev–Trinajstić information content (AvgIpc) is 2.66. The van der Waals surface area contributed by atoms with E-state index in [0.29, 0.717) is 11.6 Å². The minimum atomic E-state index is -0.582. The third-order valence-electron chi connectivity index (χ3n) is 4.19. The molecule has 0 unspecified atom stereocenters. The van der Waals surface area contributed by atoms with Crippen LogP contribution in [0.5, 0.6) is 5.75 Å². The van der Waals surface area contributed by atoms with E-state index in [0.717, 1.165) is 16.9 Å². The van der Waals surface area contributed by atoms with Gasteiger partial charge in [-0.3, -0.25) is 9.59 Å². The molecule has 0 bridgehead atoms. The van der Waals surface area contributed by atoms with Crippen LogP contribution < -0.4 is 10.1 Å². The van der Waals surface area contributed by atoms with Crippen LogP contribution in [0.2, 0.25) is 5.02 Å². The van der Waals surface area contributed by atoms with Gasteiger partial charge in [0.25, 0.3) is 0 Å². The zero-order chi connectivity index (χ0) is 19.1. The van der Waals surface area contributed by atoms with Crippen molar-refractivity contribution in [2.45, 2.75) is 25.9 Å². The molecule has 0 heterocycles. The number of nitrogens with zero attached hydrogens (tertiary/aromatic N) is 1.